The standard InChI is InChI=1S/C8H9N3S2/c1-9-8(13)11-7(12)6-2-4-10-5-3-6/h2-5H,1H3,(H2,9,11,12,13). The fourth-order valence-corrected chi connectivity index (χ4v) is 1.15. The summed E-state index contributed by atoms with van der Waals surface area (Å²) in [5.41, 5.74) is 0.905. The summed E-state index contributed by atoms with van der Waals surface area (Å²) < 4.78 is 0. The third-order valence-corrected chi connectivity index (χ3v) is 2.04. The summed E-state index contributed by atoms with van der Waals surface area (Å²) in [6.45, 7) is 0. The topological polar surface area (TPSA) is 37.0 Å². The van der Waals surface area contributed by atoms with E-state index in [0.29, 0.717) is 10.1 Å². The lowest BCUT2D eigenvalue weighted by Gasteiger charge is -2.07. The van der Waals surface area contributed by atoms with Crippen LogP contribution in [0.3, 0.4) is 0 Å². The maximum Gasteiger partial charge on any atom is 0.171 e. The van der Waals surface area contributed by atoms with E-state index < -0.39 is 0 Å². The molecule has 3 nitrogen and oxygen atoms in total. The fraction of sp³-hybridized carbons (Fsp3) is 0.125. The van der Waals surface area contributed by atoms with Crippen molar-refractivity contribution in [3.05, 3.63) is 30.1 Å². The second-order valence-corrected chi connectivity index (χ2v) is 3.09. The number of nitrogens with one attached hydrogen (secondary N) is 2. The Morgan fingerprint density at radius 1 is 1.31 bits per heavy atom. The van der Waals surface area contributed by atoms with Crippen LogP contribution in [0.1, 0.15) is 5.56 Å². The normalized spacial score (nSPS) is 9.00. The van der Waals surface area contributed by atoms with Crippen molar-refractivity contribution in [2.75, 3.05) is 7.05 Å². The highest BCUT2D eigenvalue weighted by Crippen LogP contribution is 1.96. The first-order valence-electron chi connectivity index (χ1n) is 3.67. The highest BCUT2D eigenvalue weighted by atomic mass is 32.1. The summed E-state index contributed by atoms with van der Waals surface area (Å²) >= 11 is 10.0. The minimum atomic E-state index is 0.516. The van der Waals surface area contributed by atoms with Gasteiger partial charge in [-0.1, -0.05) is 12.2 Å². The molecule has 1 heterocycles. The summed E-state index contributed by atoms with van der Waals surface area (Å²) in [5, 5.41) is 6.17. The van der Waals surface area contributed by atoms with Crippen LogP contribution in [0.25, 0.3) is 0 Å². The number of aromatic nitrogens is 1. The molecule has 1 aromatic rings. The zero-order valence-corrected chi connectivity index (χ0v) is 8.71. The van der Waals surface area contributed by atoms with Gasteiger partial charge in [0.1, 0.15) is 4.99 Å². The van der Waals surface area contributed by atoms with Crippen molar-refractivity contribution in [1.82, 2.24) is 15.6 Å². The molecule has 0 fully saturated rings. The molecule has 2 N–H and O–H groups in total. The molecule has 1 aromatic heterocycles. The van der Waals surface area contributed by atoms with E-state index >= 15 is 0 Å². The molecule has 0 bridgehead atoms. The molecule has 0 aliphatic heterocycles. The van der Waals surface area contributed by atoms with Gasteiger partial charge in [0.25, 0.3) is 0 Å². The van der Waals surface area contributed by atoms with Gasteiger partial charge in [0.15, 0.2) is 5.11 Å². The van der Waals surface area contributed by atoms with Crippen molar-refractivity contribution in [3.63, 3.8) is 0 Å². The van der Waals surface area contributed by atoms with Crippen molar-refractivity contribution < 1.29 is 0 Å². The molecular formula is C8H9N3S2. The van der Waals surface area contributed by atoms with Gasteiger partial charge in [-0.25, -0.2) is 0 Å². The molecule has 0 saturated heterocycles. The van der Waals surface area contributed by atoms with Crippen molar-refractivity contribution >= 4 is 34.5 Å². The molecule has 0 unspecified atom stereocenters. The van der Waals surface area contributed by atoms with Crippen molar-refractivity contribution in [3.8, 4) is 0 Å². The van der Waals surface area contributed by atoms with Gasteiger partial charge in [0.2, 0.25) is 0 Å². The van der Waals surface area contributed by atoms with Crippen LogP contribution in [-0.4, -0.2) is 22.1 Å². The van der Waals surface area contributed by atoms with Gasteiger partial charge in [-0.2, -0.15) is 0 Å². The average molecular weight is 211 g/mol. The maximum atomic E-state index is 5.10. The highest BCUT2D eigenvalue weighted by molar-refractivity contribution is 7.82. The lowest BCUT2D eigenvalue weighted by Crippen LogP contribution is -2.36. The average Bonchev–Trinajstić information content (AvgIpc) is 2.19. The minimum Gasteiger partial charge on any atom is -0.366 e. The maximum absolute atomic E-state index is 5.10. The lowest BCUT2D eigenvalue weighted by atomic mass is 10.3. The third-order valence-electron chi connectivity index (χ3n) is 1.40. The van der Waals surface area contributed by atoms with Crippen LogP contribution in [-0.2, 0) is 0 Å². The molecule has 0 amide bonds. The molecule has 0 aliphatic carbocycles. The molecule has 68 valence electrons. The lowest BCUT2D eigenvalue weighted by molar-refractivity contribution is 1.14. The van der Waals surface area contributed by atoms with E-state index in [1.807, 2.05) is 12.1 Å². The van der Waals surface area contributed by atoms with Crippen LogP contribution in [0.2, 0.25) is 0 Å². The third kappa shape index (κ3) is 3.04. The van der Waals surface area contributed by atoms with Crippen molar-refractivity contribution in [2.45, 2.75) is 0 Å². The van der Waals surface area contributed by atoms with Gasteiger partial charge in [-0.3, -0.25) is 4.98 Å². The number of nitrogens with zero attached hydrogens (tertiary/aromatic N) is 1. The van der Waals surface area contributed by atoms with Gasteiger partial charge >= 0.3 is 0 Å². The Morgan fingerprint density at radius 3 is 2.46 bits per heavy atom. The second kappa shape index (κ2) is 4.84. The van der Waals surface area contributed by atoms with E-state index in [9.17, 15) is 0 Å². The Labute approximate surface area is 87.6 Å². The van der Waals surface area contributed by atoms with E-state index in [-0.39, 0.29) is 0 Å². The number of rotatable bonds is 1. The van der Waals surface area contributed by atoms with Gasteiger partial charge in [0.05, 0.1) is 0 Å². The van der Waals surface area contributed by atoms with Crippen LogP contribution in [0, 0.1) is 0 Å². The van der Waals surface area contributed by atoms with Crippen molar-refractivity contribution in [1.29, 1.82) is 0 Å². The fourth-order valence-electron chi connectivity index (χ4n) is 0.741. The second-order valence-electron chi connectivity index (χ2n) is 2.27. The molecule has 0 radical (unpaired) electrons. The zero-order valence-electron chi connectivity index (χ0n) is 7.07. The SMILES string of the molecule is CNC(=S)NC(=S)c1ccncc1. The first-order valence-corrected chi connectivity index (χ1v) is 4.49. The van der Waals surface area contributed by atoms with Crippen LogP contribution < -0.4 is 10.6 Å². The Bertz CT molecular complexity index is 310. The van der Waals surface area contributed by atoms with E-state index in [1.165, 1.54) is 0 Å². The van der Waals surface area contributed by atoms with E-state index in [2.05, 4.69) is 15.6 Å². The Kier molecular flexibility index (Phi) is 3.72. The highest BCUT2D eigenvalue weighted by Gasteiger charge is 2.00. The Balaban J connectivity index is 2.65. The molecule has 0 aliphatic rings. The Hall–Kier alpha value is -1.07. The largest absolute Gasteiger partial charge is 0.366 e. The van der Waals surface area contributed by atoms with Crippen LogP contribution in [0.4, 0.5) is 0 Å². The number of hydrogen-bond acceptors (Lipinski definition) is 3. The molecule has 0 atom stereocenters. The molecule has 0 saturated carbocycles. The minimum absolute atomic E-state index is 0.516. The van der Waals surface area contributed by atoms with E-state index in [0.717, 1.165) is 5.56 Å². The first-order chi connectivity index (χ1) is 6.24. The van der Waals surface area contributed by atoms with Crippen LogP contribution in [0.5, 0.6) is 0 Å². The van der Waals surface area contributed by atoms with Gasteiger partial charge < -0.3 is 10.6 Å². The molecule has 1 rings (SSSR count). The monoisotopic (exact) mass is 211 g/mol. The predicted molar refractivity (Wildman–Crippen MR) is 60.7 cm³/mol. The number of pyridine rings is 1. The Morgan fingerprint density at radius 2 is 1.92 bits per heavy atom. The summed E-state index contributed by atoms with van der Waals surface area (Å²) in [6, 6.07) is 3.65. The summed E-state index contributed by atoms with van der Waals surface area (Å²) in [6.07, 6.45) is 3.37. The summed E-state index contributed by atoms with van der Waals surface area (Å²) in [5.74, 6) is 0. The van der Waals surface area contributed by atoms with Gasteiger partial charge in [-0.15, -0.1) is 0 Å². The van der Waals surface area contributed by atoms with Gasteiger partial charge in [-0.05, 0) is 24.4 Å². The summed E-state index contributed by atoms with van der Waals surface area (Å²) in [7, 11) is 1.74. The van der Waals surface area contributed by atoms with E-state index in [1.54, 1.807) is 19.4 Å². The number of thiocarbonyl (C=S) groups is 2. The summed E-state index contributed by atoms with van der Waals surface area (Å²) in [4.78, 5) is 4.49. The zero-order chi connectivity index (χ0) is 9.68. The van der Waals surface area contributed by atoms with Gasteiger partial charge in [0, 0.05) is 25.0 Å². The predicted octanol–water partition coefficient (Wildman–Crippen LogP) is 0.851. The smallest absolute Gasteiger partial charge is 0.171 e. The molecular weight excluding hydrogens is 202 g/mol. The quantitative estimate of drug-likeness (QED) is 0.674. The first kappa shape index (κ1) is 10.0. The van der Waals surface area contributed by atoms with Crippen LogP contribution in [0.15, 0.2) is 24.5 Å². The van der Waals surface area contributed by atoms with E-state index in [4.69, 9.17) is 24.4 Å². The molecule has 13 heavy (non-hydrogen) atoms. The van der Waals surface area contributed by atoms with Crippen LogP contribution >= 0.6 is 24.4 Å². The molecule has 0 aromatic carbocycles. The molecule has 5 heteroatoms. The molecule has 0 spiro atoms. The number of hydrogen-bond donors (Lipinski definition) is 2. The van der Waals surface area contributed by atoms with Crippen molar-refractivity contribution in [2.24, 2.45) is 0 Å².